The van der Waals surface area contributed by atoms with Gasteiger partial charge >= 0.3 is 0 Å². The highest BCUT2D eigenvalue weighted by atomic mass is 16.6. The summed E-state index contributed by atoms with van der Waals surface area (Å²) in [5, 5.41) is 8.67. The molecule has 1 heterocycles. The van der Waals surface area contributed by atoms with E-state index in [1.54, 1.807) is 0 Å². The Bertz CT molecular complexity index is 110. The second-order valence-electron chi connectivity index (χ2n) is 3.86. The average molecular weight is 172 g/mol. The Morgan fingerprint density at radius 3 is 2.75 bits per heavy atom. The fourth-order valence-electron chi connectivity index (χ4n) is 1.46. The van der Waals surface area contributed by atoms with Gasteiger partial charge in [-0.1, -0.05) is 26.2 Å². The normalized spacial score (nSPS) is 24.0. The van der Waals surface area contributed by atoms with Gasteiger partial charge in [0.1, 0.15) is 0 Å². The molecule has 1 N–H and O–H groups in total. The number of rotatable bonds is 7. The maximum atomic E-state index is 8.67. The molecule has 0 amide bonds. The molecule has 1 saturated heterocycles. The zero-order chi connectivity index (χ0) is 8.81. The number of aliphatic hydroxyl groups is 1. The van der Waals surface area contributed by atoms with Crippen LogP contribution in [0.5, 0.6) is 0 Å². The van der Waals surface area contributed by atoms with Crippen LogP contribution in [0.25, 0.3) is 0 Å². The van der Waals surface area contributed by atoms with Crippen LogP contribution >= 0.6 is 0 Å². The lowest BCUT2D eigenvalue weighted by Crippen LogP contribution is -1.98. The highest BCUT2D eigenvalue weighted by molar-refractivity contribution is 4.68. The second kappa shape index (κ2) is 5.55. The van der Waals surface area contributed by atoms with Crippen LogP contribution < -0.4 is 0 Å². The summed E-state index contributed by atoms with van der Waals surface area (Å²) in [6.07, 6.45) is 6.64. The maximum absolute atomic E-state index is 8.67. The van der Waals surface area contributed by atoms with Gasteiger partial charge < -0.3 is 9.84 Å². The van der Waals surface area contributed by atoms with Gasteiger partial charge in [0, 0.05) is 6.61 Å². The van der Waals surface area contributed by atoms with E-state index >= 15 is 0 Å². The van der Waals surface area contributed by atoms with Crippen LogP contribution in [0.2, 0.25) is 0 Å². The minimum Gasteiger partial charge on any atom is -0.396 e. The van der Waals surface area contributed by atoms with Crippen molar-refractivity contribution in [3.63, 3.8) is 0 Å². The summed E-state index contributed by atoms with van der Waals surface area (Å²) in [4.78, 5) is 0. The van der Waals surface area contributed by atoms with Crippen LogP contribution in [0.3, 0.4) is 0 Å². The number of hydrogen-bond donors (Lipinski definition) is 1. The smallest absolute Gasteiger partial charge is 0.0810 e. The lowest BCUT2D eigenvalue weighted by Gasteiger charge is -2.07. The number of hydrogen-bond acceptors (Lipinski definition) is 2. The van der Waals surface area contributed by atoms with Gasteiger partial charge in [0.2, 0.25) is 0 Å². The number of unbranched alkanes of at least 4 members (excludes halogenated alkanes) is 1. The zero-order valence-corrected chi connectivity index (χ0v) is 7.96. The highest BCUT2D eigenvalue weighted by Gasteiger charge is 2.20. The largest absolute Gasteiger partial charge is 0.396 e. The molecule has 0 aromatic heterocycles. The second-order valence-corrected chi connectivity index (χ2v) is 3.86. The van der Waals surface area contributed by atoms with Gasteiger partial charge in [-0.05, 0) is 18.8 Å². The molecule has 1 aliphatic rings. The molecule has 1 rings (SSSR count). The van der Waals surface area contributed by atoms with Crippen molar-refractivity contribution in [2.24, 2.45) is 5.92 Å². The molecule has 1 aliphatic heterocycles. The molecule has 2 atom stereocenters. The van der Waals surface area contributed by atoms with Crippen LogP contribution in [-0.4, -0.2) is 24.4 Å². The van der Waals surface area contributed by atoms with Gasteiger partial charge in [-0.2, -0.15) is 0 Å². The van der Waals surface area contributed by atoms with E-state index in [1.807, 2.05) is 0 Å². The third-order valence-electron chi connectivity index (χ3n) is 2.50. The molecule has 0 saturated carbocycles. The summed E-state index contributed by atoms with van der Waals surface area (Å²) in [6.45, 7) is 3.54. The lowest BCUT2D eigenvalue weighted by atomic mass is 10.00. The van der Waals surface area contributed by atoms with Crippen LogP contribution in [-0.2, 0) is 4.74 Å². The van der Waals surface area contributed by atoms with Crippen LogP contribution in [0.1, 0.15) is 39.0 Å². The Morgan fingerprint density at radius 2 is 2.17 bits per heavy atom. The lowest BCUT2D eigenvalue weighted by molar-refractivity contribution is 0.256. The van der Waals surface area contributed by atoms with Crippen molar-refractivity contribution in [2.45, 2.75) is 45.1 Å². The van der Waals surface area contributed by atoms with Gasteiger partial charge in [0.05, 0.1) is 12.7 Å². The highest BCUT2D eigenvalue weighted by Crippen LogP contribution is 2.19. The number of ether oxygens (including phenoxy) is 1. The fourth-order valence-corrected chi connectivity index (χ4v) is 1.46. The van der Waals surface area contributed by atoms with Crippen molar-refractivity contribution in [2.75, 3.05) is 13.2 Å². The molecule has 0 aromatic carbocycles. The summed E-state index contributed by atoms with van der Waals surface area (Å²) in [7, 11) is 0. The van der Waals surface area contributed by atoms with Gasteiger partial charge in [-0.25, -0.2) is 0 Å². The van der Waals surface area contributed by atoms with E-state index in [4.69, 9.17) is 9.84 Å². The molecule has 1 fully saturated rings. The summed E-state index contributed by atoms with van der Waals surface area (Å²) in [5.74, 6) is 0.690. The van der Waals surface area contributed by atoms with E-state index in [-0.39, 0.29) is 0 Å². The molecule has 0 aliphatic carbocycles. The van der Waals surface area contributed by atoms with Gasteiger partial charge in [-0.15, -0.1) is 0 Å². The molecule has 0 bridgehead atoms. The first-order chi connectivity index (χ1) is 5.83. The summed E-state index contributed by atoms with van der Waals surface area (Å²) in [6, 6.07) is 0. The molecule has 2 nitrogen and oxygen atoms in total. The third-order valence-corrected chi connectivity index (χ3v) is 2.50. The molecular weight excluding hydrogens is 152 g/mol. The molecule has 2 heteroatoms. The van der Waals surface area contributed by atoms with Crippen LogP contribution in [0, 0.1) is 5.92 Å². The van der Waals surface area contributed by atoms with Gasteiger partial charge in [0.15, 0.2) is 0 Å². The van der Waals surface area contributed by atoms with Crippen molar-refractivity contribution in [1.29, 1.82) is 0 Å². The fraction of sp³-hybridized carbons (Fsp3) is 1.00. The summed E-state index contributed by atoms with van der Waals surface area (Å²) < 4.78 is 5.12. The monoisotopic (exact) mass is 172 g/mol. The molecule has 0 aromatic rings. The first kappa shape index (κ1) is 10.0. The SMILES string of the molecule is CC(CCO)CCCCC1CO1. The standard InChI is InChI=1S/C10H20O2/c1-9(6-7-11)4-2-3-5-10-8-12-10/h9-11H,2-8H2,1H3. The molecule has 0 radical (unpaired) electrons. The summed E-state index contributed by atoms with van der Waals surface area (Å²) in [5.41, 5.74) is 0. The Morgan fingerprint density at radius 1 is 1.42 bits per heavy atom. The van der Waals surface area contributed by atoms with Gasteiger partial charge in [-0.3, -0.25) is 0 Å². The quantitative estimate of drug-likeness (QED) is 0.470. The van der Waals surface area contributed by atoms with E-state index < -0.39 is 0 Å². The van der Waals surface area contributed by atoms with Crippen molar-refractivity contribution in [3.05, 3.63) is 0 Å². The minimum atomic E-state index is 0.340. The molecule has 12 heavy (non-hydrogen) atoms. The van der Waals surface area contributed by atoms with Crippen molar-refractivity contribution < 1.29 is 9.84 Å². The Balaban J connectivity index is 1.80. The average Bonchev–Trinajstić information content (AvgIpc) is 2.82. The Kier molecular flexibility index (Phi) is 4.62. The van der Waals surface area contributed by atoms with Gasteiger partial charge in [0.25, 0.3) is 0 Å². The van der Waals surface area contributed by atoms with Crippen molar-refractivity contribution >= 4 is 0 Å². The predicted molar refractivity (Wildman–Crippen MR) is 49.1 cm³/mol. The topological polar surface area (TPSA) is 32.8 Å². The zero-order valence-electron chi connectivity index (χ0n) is 7.96. The van der Waals surface area contributed by atoms with Crippen LogP contribution in [0.4, 0.5) is 0 Å². The summed E-state index contributed by atoms with van der Waals surface area (Å²) >= 11 is 0. The first-order valence-electron chi connectivity index (χ1n) is 5.05. The first-order valence-corrected chi connectivity index (χ1v) is 5.05. The number of aliphatic hydroxyl groups excluding tert-OH is 1. The van der Waals surface area contributed by atoms with E-state index in [2.05, 4.69) is 6.92 Å². The van der Waals surface area contributed by atoms with Crippen LogP contribution in [0.15, 0.2) is 0 Å². The molecular formula is C10H20O2. The third kappa shape index (κ3) is 4.73. The van der Waals surface area contributed by atoms with E-state index in [0.29, 0.717) is 18.6 Å². The van der Waals surface area contributed by atoms with Crippen molar-refractivity contribution in [1.82, 2.24) is 0 Å². The number of epoxide rings is 1. The predicted octanol–water partition coefficient (Wildman–Crippen LogP) is 1.96. The molecule has 72 valence electrons. The van der Waals surface area contributed by atoms with E-state index in [1.165, 1.54) is 25.7 Å². The molecule has 0 spiro atoms. The Hall–Kier alpha value is -0.0800. The van der Waals surface area contributed by atoms with E-state index in [0.717, 1.165) is 13.0 Å². The Labute approximate surface area is 74.9 Å². The van der Waals surface area contributed by atoms with Crippen molar-refractivity contribution in [3.8, 4) is 0 Å². The molecule has 2 unspecified atom stereocenters. The van der Waals surface area contributed by atoms with E-state index in [9.17, 15) is 0 Å². The minimum absolute atomic E-state index is 0.340. The maximum Gasteiger partial charge on any atom is 0.0810 e.